The molecule has 0 unspecified atom stereocenters. The van der Waals surface area contributed by atoms with Gasteiger partial charge in [-0.2, -0.15) is 5.21 Å². The van der Waals surface area contributed by atoms with Crippen LogP contribution in [-0.4, -0.2) is 30.2 Å². The number of aromatic nitrogens is 6. The fraction of sp³-hybridized carbons (Fsp3) is 0.364. The number of nitrogens with one attached hydrogen (secondary N) is 1. The van der Waals surface area contributed by atoms with Crippen LogP contribution in [0.5, 0.6) is 0 Å². The second kappa shape index (κ2) is 4.88. The highest BCUT2D eigenvalue weighted by Gasteiger charge is 2.07. The smallest absolute Gasteiger partial charge is 0.262 e. The van der Waals surface area contributed by atoms with Gasteiger partial charge in [-0.15, -0.1) is 21.5 Å². The third kappa shape index (κ3) is 2.39. The van der Waals surface area contributed by atoms with Crippen molar-refractivity contribution in [2.45, 2.75) is 26.3 Å². The maximum atomic E-state index is 12.2. The van der Waals surface area contributed by atoms with E-state index >= 15 is 0 Å². The lowest BCUT2D eigenvalue weighted by Crippen LogP contribution is -2.20. The Morgan fingerprint density at radius 2 is 2.37 bits per heavy atom. The zero-order valence-electron chi connectivity index (χ0n) is 10.3. The van der Waals surface area contributed by atoms with Crippen LogP contribution in [0.25, 0.3) is 10.2 Å². The number of rotatable bonds is 4. The van der Waals surface area contributed by atoms with E-state index in [4.69, 9.17) is 0 Å². The first kappa shape index (κ1) is 12.0. The summed E-state index contributed by atoms with van der Waals surface area (Å²) in [5, 5.41) is 14.3. The molecule has 0 spiro atoms. The molecule has 0 fully saturated rings. The first-order chi connectivity index (χ1) is 9.24. The van der Waals surface area contributed by atoms with E-state index in [0.717, 1.165) is 16.1 Å². The van der Waals surface area contributed by atoms with Crippen LogP contribution in [0.15, 0.2) is 17.2 Å². The first-order valence-corrected chi connectivity index (χ1v) is 6.73. The lowest BCUT2D eigenvalue weighted by Gasteiger charge is -2.03. The molecule has 0 saturated carbocycles. The summed E-state index contributed by atoms with van der Waals surface area (Å²) in [4.78, 5) is 18.4. The summed E-state index contributed by atoms with van der Waals surface area (Å²) in [5.41, 5.74) is 0.0162. The van der Waals surface area contributed by atoms with Gasteiger partial charge in [0.25, 0.3) is 5.56 Å². The minimum Gasteiger partial charge on any atom is -0.299 e. The molecular weight excluding hydrogens is 264 g/mol. The van der Waals surface area contributed by atoms with E-state index in [9.17, 15) is 4.79 Å². The molecule has 0 amide bonds. The molecule has 3 heterocycles. The predicted octanol–water partition coefficient (Wildman–Crippen LogP) is 0.912. The van der Waals surface area contributed by atoms with Crippen LogP contribution < -0.4 is 5.56 Å². The van der Waals surface area contributed by atoms with Crippen molar-refractivity contribution in [2.75, 3.05) is 0 Å². The number of hydrogen-bond donors (Lipinski definition) is 1. The summed E-state index contributed by atoms with van der Waals surface area (Å²) in [5.74, 6) is 0.661. The van der Waals surface area contributed by atoms with E-state index in [1.165, 1.54) is 0 Å². The molecule has 0 radical (unpaired) electrons. The molecule has 98 valence electrons. The molecule has 0 bridgehead atoms. The molecule has 1 N–H and O–H groups in total. The molecule has 19 heavy (non-hydrogen) atoms. The van der Waals surface area contributed by atoms with Gasteiger partial charge in [-0.25, -0.2) is 4.98 Å². The third-order valence-corrected chi connectivity index (χ3v) is 3.79. The maximum absolute atomic E-state index is 12.2. The molecular formula is C11H12N6OS. The number of thiophene rings is 1. The van der Waals surface area contributed by atoms with Crippen molar-refractivity contribution in [2.24, 2.45) is 0 Å². The van der Waals surface area contributed by atoms with E-state index < -0.39 is 0 Å². The quantitative estimate of drug-likeness (QED) is 0.765. The molecule has 0 aliphatic carbocycles. The van der Waals surface area contributed by atoms with E-state index in [1.54, 1.807) is 22.2 Å². The fourth-order valence-electron chi connectivity index (χ4n) is 1.94. The molecule has 0 saturated heterocycles. The van der Waals surface area contributed by atoms with E-state index in [0.29, 0.717) is 24.2 Å². The zero-order valence-corrected chi connectivity index (χ0v) is 11.1. The van der Waals surface area contributed by atoms with Crippen LogP contribution in [0.4, 0.5) is 0 Å². The Hall–Kier alpha value is -2.09. The highest BCUT2D eigenvalue weighted by atomic mass is 32.1. The lowest BCUT2D eigenvalue weighted by atomic mass is 10.3. The molecule has 0 aliphatic rings. The molecule has 3 aromatic rings. The minimum atomic E-state index is 0.0162. The number of hydrogen-bond acceptors (Lipinski definition) is 6. The Morgan fingerprint density at radius 1 is 1.47 bits per heavy atom. The largest absolute Gasteiger partial charge is 0.299 e. The molecule has 8 heteroatoms. The van der Waals surface area contributed by atoms with Crippen LogP contribution in [0.3, 0.4) is 0 Å². The summed E-state index contributed by atoms with van der Waals surface area (Å²) in [7, 11) is 0. The number of fused-ring (bicyclic) bond motifs is 1. The van der Waals surface area contributed by atoms with Crippen LogP contribution in [0.1, 0.15) is 17.1 Å². The second-order valence-electron chi connectivity index (χ2n) is 4.25. The second-order valence-corrected chi connectivity index (χ2v) is 5.49. The normalized spacial score (nSPS) is 11.2. The van der Waals surface area contributed by atoms with Crippen LogP contribution in [-0.2, 0) is 13.0 Å². The van der Waals surface area contributed by atoms with Crippen molar-refractivity contribution in [1.82, 2.24) is 30.2 Å². The Kier molecular flexibility index (Phi) is 3.08. The van der Waals surface area contributed by atoms with E-state index in [-0.39, 0.29) is 5.56 Å². The number of H-pyrrole nitrogens is 1. The standard InChI is InChI=1S/C11H12N6OS/c1-7-5-8-10(19-7)12-6-17(11(8)18)4-2-3-9-13-15-16-14-9/h5-6H,2-4H2,1H3,(H,13,14,15,16). The van der Waals surface area contributed by atoms with E-state index in [1.807, 2.05) is 13.0 Å². The zero-order chi connectivity index (χ0) is 13.2. The average Bonchev–Trinajstić information content (AvgIpc) is 3.01. The predicted molar refractivity (Wildman–Crippen MR) is 71.1 cm³/mol. The summed E-state index contributed by atoms with van der Waals surface area (Å²) >= 11 is 1.54. The number of tetrazole rings is 1. The summed E-state index contributed by atoms with van der Waals surface area (Å²) in [6.45, 7) is 2.58. The van der Waals surface area contributed by atoms with Gasteiger partial charge in [-0.3, -0.25) is 9.36 Å². The van der Waals surface area contributed by atoms with Crippen molar-refractivity contribution in [1.29, 1.82) is 0 Å². The summed E-state index contributed by atoms with van der Waals surface area (Å²) in [6.07, 6.45) is 3.07. The SMILES string of the molecule is Cc1cc2c(=O)n(CCCc3nn[nH]n3)cnc2s1. The van der Waals surface area contributed by atoms with Gasteiger partial charge in [0.2, 0.25) is 0 Å². The fourth-order valence-corrected chi connectivity index (χ4v) is 2.77. The van der Waals surface area contributed by atoms with Crippen molar-refractivity contribution in [3.05, 3.63) is 33.4 Å². The van der Waals surface area contributed by atoms with Crippen molar-refractivity contribution in [3.63, 3.8) is 0 Å². The average molecular weight is 276 g/mol. The van der Waals surface area contributed by atoms with Crippen molar-refractivity contribution < 1.29 is 0 Å². The molecule has 0 aliphatic heterocycles. The molecule has 3 rings (SSSR count). The Morgan fingerprint density at radius 3 is 3.16 bits per heavy atom. The van der Waals surface area contributed by atoms with Gasteiger partial charge < -0.3 is 0 Å². The van der Waals surface area contributed by atoms with Gasteiger partial charge in [-0.1, -0.05) is 5.21 Å². The Bertz CT molecular complexity index is 744. The van der Waals surface area contributed by atoms with E-state index in [2.05, 4.69) is 25.6 Å². The summed E-state index contributed by atoms with van der Waals surface area (Å²) in [6, 6.07) is 1.89. The monoisotopic (exact) mass is 276 g/mol. The highest BCUT2D eigenvalue weighted by molar-refractivity contribution is 7.18. The van der Waals surface area contributed by atoms with Crippen LogP contribution in [0.2, 0.25) is 0 Å². The van der Waals surface area contributed by atoms with Gasteiger partial charge in [-0.05, 0) is 19.4 Å². The number of aromatic amines is 1. The van der Waals surface area contributed by atoms with Crippen molar-refractivity contribution in [3.8, 4) is 0 Å². The van der Waals surface area contributed by atoms with Crippen LogP contribution in [0, 0.1) is 6.92 Å². The lowest BCUT2D eigenvalue weighted by molar-refractivity contribution is 0.607. The first-order valence-electron chi connectivity index (χ1n) is 5.92. The third-order valence-electron chi connectivity index (χ3n) is 2.83. The highest BCUT2D eigenvalue weighted by Crippen LogP contribution is 2.19. The Balaban J connectivity index is 1.77. The number of aryl methyl sites for hydroxylation is 3. The van der Waals surface area contributed by atoms with Gasteiger partial charge in [0.1, 0.15) is 4.83 Å². The molecule has 3 aromatic heterocycles. The van der Waals surface area contributed by atoms with Gasteiger partial charge >= 0.3 is 0 Å². The summed E-state index contributed by atoms with van der Waals surface area (Å²) < 4.78 is 1.63. The molecule has 0 atom stereocenters. The molecule has 7 nitrogen and oxygen atoms in total. The van der Waals surface area contributed by atoms with Gasteiger partial charge in [0, 0.05) is 17.8 Å². The molecule has 0 aromatic carbocycles. The van der Waals surface area contributed by atoms with Gasteiger partial charge in [0.05, 0.1) is 11.7 Å². The maximum Gasteiger partial charge on any atom is 0.262 e. The minimum absolute atomic E-state index is 0.0162. The van der Waals surface area contributed by atoms with Gasteiger partial charge in [0.15, 0.2) is 5.82 Å². The van der Waals surface area contributed by atoms with Crippen LogP contribution >= 0.6 is 11.3 Å². The van der Waals surface area contributed by atoms with Crippen molar-refractivity contribution >= 4 is 21.6 Å². The topological polar surface area (TPSA) is 89.4 Å². The number of nitrogens with zero attached hydrogens (tertiary/aromatic N) is 5. The Labute approximate surface area is 112 Å².